The van der Waals surface area contributed by atoms with Crippen molar-refractivity contribution in [2.45, 2.75) is 56.4 Å². The van der Waals surface area contributed by atoms with Crippen molar-refractivity contribution in [2.75, 3.05) is 27.8 Å². The van der Waals surface area contributed by atoms with Crippen LogP contribution in [0, 0.1) is 0 Å². The predicted octanol–water partition coefficient (Wildman–Crippen LogP) is 2.77. The summed E-state index contributed by atoms with van der Waals surface area (Å²) in [6.07, 6.45) is -0.354. The van der Waals surface area contributed by atoms with E-state index in [0.717, 1.165) is 0 Å². The maximum Gasteiger partial charge on any atom is 0.315 e. The fourth-order valence-electron chi connectivity index (χ4n) is 0.758. The second-order valence-electron chi connectivity index (χ2n) is 3.60. The summed E-state index contributed by atoms with van der Waals surface area (Å²) in [5.74, 6) is -1.51. The van der Waals surface area contributed by atoms with Crippen LogP contribution in [0.4, 0.5) is 0 Å². The van der Waals surface area contributed by atoms with Gasteiger partial charge in [-0.15, -0.1) is 0 Å². The summed E-state index contributed by atoms with van der Waals surface area (Å²) in [4.78, 5) is 41.5. The van der Waals surface area contributed by atoms with Crippen LogP contribution in [0.15, 0.2) is 0 Å². The van der Waals surface area contributed by atoms with Gasteiger partial charge in [0.25, 0.3) is 0 Å². The van der Waals surface area contributed by atoms with E-state index in [0.29, 0.717) is 0 Å². The van der Waals surface area contributed by atoms with Crippen molar-refractivity contribution in [1.82, 2.24) is 0 Å². The van der Waals surface area contributed by atoms with Crippen LogP contribution in [0.2, 0.25) is 0 Å². The number of ketones is 2. The number of hydrogen-bond acceptors (Lipinski definition) is 8. The number of Topliss-reactive ketones (excluding diaryl/α,β-unsaturated/α-hetero) is 2. The smallest absolute Gasteiger partial charge is 0.315 e. The normalized spacial score (nSPS) is 7.50. The molecule has 0 aromatic heterocycles. The van der Waals surface area contributed by atoms with E-state index in [1.165, 1.54) is 28.1 Å². The summed E-state index contributed by atoms with van der Waals surface area (Å²) in [5.41, 5.74) is 0. The third-order valence-corrected chi connectivity index (χ3v) is 1.46. The second-order valence-corrected chi connectivity index (χ2v) is 3.60. The van der Waals surface area contributed by atoms with Gasteiger partial charge < -0.3 is 18.9 Å². The van der Waals surface area contributed by atoms with Gasteiger partial charge in [0.2, 0.25) is 0 Å². The van der Waals surface area contributed by atoms with Gasteiger partial charge in [-0.1, -0.05) is 29.7 Å². The molecule has 0 aliphatic heterocycles. The van der Waals surface area contributed by atoms with Crippen LogP contribution in [0.3, 0.4) is 0 Å². The van der Waals surface area contributed by atoms with Crippen molar-refractivity contribution in [3.05, 3.63) is 0 Å². The van der Waals surface area contributed by atoms with Crippen molar-refractivity contribution in [3.63, 3.8) is 0 Å². The maximum atomic E-state index is 10.5. The Morgan fingerprint density at radius 2 is 0.875 bits per heavy atom. The zero-order valence-electron chi connectivity index (χ0n) is 12.1. The first-order valence-electron chi connectivity index (χ1n) is 5.61. The Hall–Kier alpha value is -1.80. The summed E-state index contributed by atoms with van der Waals surface area (Å²) >= 11 is 0. The van der Waals surface area contributed by atoms with E-state index in [9.17, 15) is 19.2 Å². The maximum absolute atomic E-state index is 10.5. The van der Waals surface area contributed by atoms with E-state index in [1.807, 2.05) is 0 Å². The number of esters is 2. The van der Waals surface area contributed by atoms with Crippen molar-refractivity contribution in [3.8, 4) is 0 Å². The molecule has 8 heteroatoms. The highest BCUT2D eigenvalue weighted by atomic mass is 16.7. The number of carbonyl (C=O) groups excluding carboxylic acids is 4. The lowest BCUT2D eigenvalue weighted by molar-refractivity contribution is -0.156. The average Bonchev–Trinajstić information content (AvgIpc) is 2.33. The van der Waals surface area contributed by atoms with Crippen molar-refractivity contribution < 1.29 is 38.1 Å². The first-order valence-corrected chi connectivity index (χ1v) is 5.61. The number of methoxy groups -OCH3 is 2. The largest absolute Gasteiger partial charge is 0.438 e. The molecule has 0 aliphatic rings. The van der Waals surface area contributed by atoms with Gasteiger partial charge >= 0.3 is 11.9 Å². The molecule has 0 bridgehead atoms. The quantitative estimate of drug-likeness (QED) is 0.371. The molecule has 24 heavy (non-hydrogen) atoms. The van der Waals surface area contributed by atoms with Crippen LogP contribution in [0.25, 0.3) is 0 Å². The molecule has 0 atom stereocenters. The van der Waals surface area contributed by atoms with Gasteiger partial charge in [0.15, 0.2) is 13.6 Å². The second kappa shape index (κ2) is 26.1. The zero-order chi connectivity index (χ0) is 16.0. The van der Waals surface area contributed by atoms with Crippen LogP contribution in [0.1, 0.15) is 56.4 Å². The Morgan fingerprint density at radius 1 is 0.625 bits per heavy atom. The van der Waals surface area contributed by atoms with E-state index in [-0.39, 0.29) is 67.7 Å². The van der Waals surface area contributed by atoms with E-state index in [2.05, 4.69) is 18.9 Å². The highest BCUT2D eigenvalue weighted by Crippen LogP contribution is 1.87. The Balaban J connectivity index is -0.0000000579. The first kappa shape index (κ1) is 38.0. The molecule has 0 aromatic rings. The predicted molar refractivity (Wildman–Crippen MR) is 93.5 cm³/mol. The monoisotopic (exact) mass is 356 g/mol. The van der Waals surface area contributed by atoms with Gasteiger partial charge in [-0.2, -0.15) is 0 Å². The summed E-state index contributed by atoms with van der Waals surface area (Å²) in [6, 6.07) is 0. The molecule has 0 spiro atoms. The summed E-state index contributed by atoms with van der Waals surface area (Å²) in [6.45, 7) is 2.47. The van der Waals surface area contributed by atoms with Crippen molar-refractivity contribution in [1.29, 1.82) is 0 Å². The molecule has 0 unspecified atom stereocenters. The summed E-state index contributed by atoms with van der Waals surface area (Å²) in [5, 5.41) is 0. The number of ether oxygens (including phenoxy) is 4. The van der Waals surface area contributed by atoms with Gasteiger partial charge in [-0.05, 0) is 13.8 Å². The Labute approximate surface area is 146 Å². The van der Waals surface area contributed by atoms with E-state index >= 15 is 0 Å². The SMILES string of the molecule is C.C.C.C.COCOC(=O)CC(C)=O.COCOC(=O)CC(C)=O. The lowest BCUT2D eigenvalue weighted by Crippen LogP contribution is -2.10. The highest BCUT2D eigenvalue weighted by molar-refractivity contribution is 5.94. The molecule has 0 saturated carbocycles. The summed E-state index contributed by atoms with van der Waals surface area (Å²) < 4.78 is 17.7. The molecule has 0 rings (SSSR count). The Kier molecular flexibility index (Phi) is 41.4. The molecule has 0 saturated heterocycles. The Bertz CT molecular complexity index is 294. The fourth-order valence-corrected chi connectivity index (χ4v) is 0.758. The van der Waals surface area contributed by atoms with Crippen LogP contribution in [-0.4, -0.2) is 51.3 Å². The lowest BCUT2D eigenvalue weighted by atomic mass is 10.3. The third-order valence-electron chi connectivity index (χ3n) is 1.46. The number of rotatable bonds is 8. The molecular weight excluding hydrogens is 320 g/mol. The molecule has 0 aromatic carbocycles. The lowest BCUT2D eigenvalue weighted by Gasteiger charge is -1.99. The van der Waals surface area contributed by atoms with Crippen molar-refractivity contribution >= 4 is 23.5 Å². The molecule has 0 fully saturated rings. The van der Waals surface area contributed by atoms with Gasteiger partial charge in [0.1, 0.15) is 24.4 Å². The number of hydrogen-bond donors (Lipinski definition) is 0. The van der Waals surface area contributed by atoms with Gasteiger partial charge in [0.05, 0.1) is 0 Å². The standard InChI is InChI=1S/2C6H10O4.4CH4/c2*1-5(7)3-6(8)10-4-9-2;;;;/h2*3-4H2,1-2H3;4*1H4. The zero-order valence-corrected chi connectivity index (χ0v) is 12.1. The minimum Gasteiger partial charge on any atom is -0.438 e. The number of carbonyl (C=O) groups is 4. The van der Waals surface area contributed by atoms with Gasteiger partial charge in [0, 0.05) is 14.2 Å². The minimum absolute atomic E-state index is 0. The summed E-state index contributed by atoms with van der Waals surface area (Å²) in [7, 11) is 2.81. The van der Waals surface area contributed by atoms with Crippen LogP contribution < -0.4 is 0 Å². The molecule has 0 heterocycles. The van der Waals surface area contributed by atoms with E-state index in [4.69, 9.17) is 0 Å². The minimum atomic E-state index is -0.547. The van der Waals surface area contributed by atoms with Gasteiger partial charge in [-0.3, -0.25) is 19.2 Å². The molecule has 0 N–H and O–H groups in total. The first-order chi connectivity index (χ1) is 9.33. The molecular formula is C16H36O8. The van der Waals surface area contributed by atoms with E-state index < -0.39 is 11.9 Å². The topological polar surface area (TPSA) is 105 Å². The third kappa shape index (κ3) is 36.9. The molecule has 0 aliphatic carbocycles. The molecule has 8 nitrogen and oxygen atoms in total. The molecule has 148 valence electrons. The van der Waals surface area contributed by atoms with Crippen LogP contribution >= 0.6 is 0 Å². The van der Waals surface area contributed by atoms with Crippen LogP contribution in [0.5, 0.6) is 0 Å². The molecule has 0 amide bonds. The Morgan fingerprint density at radius 3 is 1.04 bits per heavy atom. The van der Waals surface area contributed by atoms with Crippen molar-refractivity contribution in [2.24, 2.45) is 0 Å². The van der Waals surface area contributed by atoms with Gasteiger partial charge in [-0.25, -0.2) is 0 Å². The molecule has 0 radical (unpaired) electrons. The fraction of sp³-hybridized carbons (Fsp3) is 0.750. The van der Waals surface area contributed by atoms with Crippen LogP contribution in [-0.2, 0) is 38.1 Å². The average molecular weight is 356 g/mol. The van der Waals surface area contributed by atoms with E-state index in [1.54, 1.807) is 0 Å². The highest BCUT2D eigenvalue weighted by Gasteiger charge is 2.05.